The predicted octanol–water partition coefficient (Wildman–Crippen LogP) is 2.74. The number of aliphatic hydroxyl groups excluding tert-OH is 1. The van der Waals surface area contributed by atoms with Crippen LogP contribution in [0.15, 0.2) is 30.3 Å². The second-order valence-corrected chi connectivity index (χ2v) is 4.59. The number of rotatable bonds is 6. The minimum Gasteiger partial charge on any atom is -0.392 e. The van der Waals surface area contributed by atoms with Crippen LogP contribution in [0.25, 0.3) is 0 Å². The summed E-state index contributed by atoms with van der Waals surface area (Å²) in [7, 11) is 0. The quantitative estimate of drug-likeness (QED) is 0.774. The predicted molar refractivity (Wildman–Crippen MR) is 68.3 cm³/mol. The summed E-state index contributed by atoms with van der Waals surface area (Å²) in [5.41, 5.74) is 1.29. The summed E-state index contributed by atoms with van der Waals surface area (Å²) in [6.45, 7) is 6.89. The van der Waals surface area contributed by atoms with E-state index in [1.54, 1.807) is 0 Å². The molecule has 0 fully saturated rings. The van der Waals surface area contributed by atoms with Crippen LogP contribution in [0.4, 0.5) is 0 Å². The topological polar surface area (TPSA) is 32.3 Å². The number of hydrogen-bond donors (Lipinski definition) is 2. The molecule has 2 nitrogen and oxygen atoms in total. The molecule has 0 spiro atoms. The minimum atomic E-state index is -0.266. The van der Waals surface area contributed by atoms with Crippen LogP contribution in [-0.2, 0) is 0 Å². The molecule has 0 aromatic heterocycles. The van der Waals surface area contributed by atoms with E-state index in [0.29, 0.717) is 18.5 Å². The van der Waals surface area contributed by atoms with E-state index in [9.17, 15) is 5.11 Å². The van der Waals surface area contributed by atoms with E-state index >= 15 is 0 Å². The molecule has 1 rings (SSSR count). The molecule has 1 aromatic rings. The first-order valence-corrected chi connectivity index (χ1v) is 6.11. The summed E-state index contributed by atoms with van der Waals surface area (Å²) < 4.78 is 0. The summed E-state index contributed by atoms with van der Waals surface area (Å²) in [6.07, 6.45) is 0.771. The van der Waals surface area contributed by atoms with Gasteiger partial charge in [-0.25, -0.2) is 0 Å². The molecule has 2 heteroatoms. The molecule has 0 amide bonds. The van der Waals surface area contributed by atoms with Crippen molar-refractivity contribution in [1.29, 1.82) is 0 Å². The van der Waals surface area contributed by atoms with Gasteiger partial charge >= 0.3 is 0 Å². The van der Waals surface area contributed by atoms with E-state index < -0.39 is 0 Å². The molecule has 0 radical (unpaired) electrons. The summed E-state index contributed by atoms with van der Waals surface area (Å²) in [6, 6.07) is 10.7. The van der Waals surface area contributed by atoms with Gasteiger partial charge in [0.05, 0.1) is 6.10 Å². The van der Waals surface area contributed by atoms with E-state index in [2.05, 4.69) is 36.5 Å². The average Bonchev–Trinajstić information content (AvgIpc) is 2.30. The monoisotopic (exact) mass is 221 g/mol. The molecule has 0 saturated heterocycles. The van der Waals surface area contributed by atoms with Crippen LogP contribution >= 0.6 is 0 Å². The van der Waals surface area contributed by atoms with Crippen LogP contribution in [0.2, 0.25) is 0 Å². The molecular weight excluding hydrogens is 198 g/mol. The first-order valence-electron chi connectivity index (χ1n) is 6.11. The van der Waals surface area contributed by atoms with E-state index in [1.165, 1.54) is 5.56 Å². The highest BCUT2D eigenvalue weighted by atomic mass is 16.3. The van der Waals surface area contributed by atoms with Crippen LogP contribution in [0.3, 0.4) is 0 Å². The van der Waals surface area contributed by atoms with Gasteiger partial charge in [0.25, 0.3) is 0 Å². The normalized spacial score (nSPS) is 15.1. The third-order valence-corrected chi connectivity index (χ3v) is 2.95. The first-order chi connectivity index (χ1) is 7.65. The number of aliphatic hydroxyl groups is 1. The zero-order chi connectivity index (χ0) is 12.0. The fourth-order valence-electron chi connectivity index (χ4n) is 1.68. The van der Waals surface area contributed by atoms with Gasteiger partial charge in [-0.3, -0.25) is 0 Å². The van der Waals surface area contributed by atoms with Crippen LogP contribution in [0, 0.1) is 5.92 Å². The highest BCUT2D eigenvalue weighted by Crippen LogP contribution is 2.16. The van der Waals surface area contributed by atoms with Crippen LogP contribution < -0.4 is 5.32 Å². The van der Waals surface area contributed by atoms with Gasteiger partial charge in [-0.15, -0.1) is 0 Å². The number of nitrogens with one attached hydrogen (secondary N) is 1. The lowest BCUT2D eigenvalue weighted by atomic mass is 10.0. The van der Waals surface area contributed by atoms with Gasteiger partial charge in [-0.05, 0) is 17.9 Å². The Morgan fingerprint density at radius 1 is 1.19 bits per heavy atom. The highest BCUT2D eigenvalue weighted by Gasteiger charge is 2.13. The molecule has 0 saturated carbocycles. The molecule has 0 heterocycles. The fraction of sp³-hybridized carbons (Fsp3) is 0.571. The molecule has 0 aliphatic heterocycles. The van der Waals surface area contributed by atoms with E-state index in [4.69, 9.17) is 0 Å². The largest absolute Gasteiger partial charge is 0.392 e. The van der Waals surface area contributed by atoms with Gasteiger partial charge in [-0.2, -0.15) is 0 Å². The van der Waals surface area contributed by atoms with Crippen molar-refractivity contribution in [1.82, 2.24) is 5.32 Å². The minimum absolute atomic E-state index is 0.266. The van der Waals surface area contributed by atoms with Crippen molar-refractivity contribution in [2.75, 3.05) is 6.54 Å². The summed E-state index contributed by atoms with van der Waals surface area (Å²) in [5, 5.41) is 13.2. The van der Waals surface area contributed by atoms with Crippen molar-refractivity contribution in [2.24, 2.45) is 5.92 Å². The molecule has 90 valence electrons. The molecule has 2 atom stereocenters. The third kappa shape index (κ3) is 3.95. The van der Waals surface area contributed by atoms with E-state index in [-0.39, 0.29) is 6.10 Å². The first kappa shape index (κ1) is 13.2. The van der Waals surface area contributed by atoms with Crippen molar-refractivity contribution in [3.8, 4) is 0 Å². The fourth-order valence-corrected chi connectivity index (χ4v) is 1.68. The van der Waals surface area contributed by atoms with Gasteiger partial charge in [0.2, 0.25) is 0 Å². The van der Waals surface area contributed by atoms with Crippen LogP contribution in [0.5, 0.6) is 0 Å². The van der Waals surface area contributed by atoms with Crippen LogP contribution in [0.1, 0.15) is 38.8 Å². The molecule has 2 unspecified atom stereocenters. The van der Waals surface area contributed by atoms with Gasteiger partial charge < -0.3 is 10.4 Å². The number of benzene rings is 1. The van der Waals surface area contributed by atoms with Crippen molar-refractivity contribution < 1.29 is 5.11 Å². The van der Waals surface area contributed by atoms with Gasteiger partial charge in [0.15, 0.2) is 0 Å². The lowest BCUT2D eigenvalue weighted by Gasteiger charge is -2.21. The maximum Gasteiger partial charge on any atom is 0.0687 e. The van der Waals surface area contributed by atoms with Crippen molar-refractivity contribution in [2.45, 2.75) is 39.3 Å². The Morgan fingerprint density at radius 3 is 2.31 bits per heavy atom. The molecule has 16 heavy (non-hydrogen) atoms. The molecule has 1 aromatic carbocycles. The van der Waals surface area contributed by atoms with Crippen molar-refractivity contribution in [3.05, 3.63) is 35.9 Å². The Kier molecular flexibility index (Phi) is 5.50. The average molecular weight is 221 g/mol. The Hall–Kier alpha value is -0.860. The van der Waals surface area contributed by atoms with E-state index in [0.717, 1.165) is 6.42 Å². The zero-order valence-corrected chi connectivity index (χ0v) is 10.5. The Balaban J connectivity index is 2.50. The number of hydrogen-bond acceptors (Lipinski definition) is 2. The molecule has 0 bridgehead atoms. The molecule has 0 aliphatic rings. The second-order valence-electron chi connectivity index (χ2n) is 4.59. The van der Waals surface area contributed by atoms with Crippen LogP contribution in [-0.4, -0.2) is 17.8 Å². The van der Waals surface area contributed by atoms with Crippen molar-refractivity contribution in [3.63, 3.8) is 0 Å². The molecular formula is C14H23NO. The summed E-state index contributed by atoms with van der Waals surface area (Å²) in [5.74, 6) is 0.306. The maximum absolute atomic E-state index is 9.76. The smallest absolute Gasteiger partial charge is 0.0687 e. The summed E-state index contributed by atoms with van der Waals surface area (Å²) in [4.78, 5) is 0. The van der Waals surface area contributed by atoms with E-state index in [1.807, 2.05) is 19.9 Å². The second kappa shape index (κ2) is 6.66. The zero-order valence-electron chi connectivity index (χ0n) is 10.5. The Labute approximate surface area is 98.7 Å². The standard InChI is InChI=1S/C14H23NO/c1-4-13(12-8-6-5-7-9-12)15-10-14(16)11(2)3/h5-9,11,13-16H,4,10H2,1-3H3. The van der Waals surface area contributed by atoms with Crippen molar-refractivity contribution >= 4 is 0 Å². The van der Waals surface area contributed by atoms with Gasteiger partial charge in [0.1, 0.15) is 0 Å². The lowest BCUT2D eigenvalue weighted by molar-refractivity contribution is 0.120. The summed E-state index contributed by atoms with van der Waals surface area (Å²) >= 11 is 0. The SMILES string of the molecule is CCC(NCC(O)C(C)C)c1ccccc1. The third-order valence-electron chi connectivity index (χ3n) is 2.95. The van der Waals surface area contributed by atoms with Gasteiger partial charge in [-0.1, -0.05) is 51.1 Å². The highest BCUT2D eigenvalue weighted by molar-refractivity contribution is 5.18. The maximum atomic E-state index is 9.76. The van der Waals surface area contributed by atoms with Gasteiger partial charge in [0, 0.05) is 12.6 Å². The molecule has 2 N–H and O–H groups in total. The Bertz CT molecular complexity index is 284. The lowest BCUT2D eigenvalue weighted by Crippen LogP contribution is -2.33. The molecule has 0 aliphatic carbocycles. The Morgan fingerprint density at radius 2 is 1.81 bits per heavy atom.